The highest BCUT2D eigenvalue weighted by Gasteiger charge is 2.54. The lowest BCUT2D eigenvalue weighted by molar-refractivity contribution is -0.138. The molecule has 140 valence electrons. The molecule has 1 heterocycles. The van der Waals surface area contributed by atoms with Crippen LogP contribution in [0, 0.1) is 5.92 Å². The van der Waals surface area contributed by atoms with Gasteiger partial charge >= 0.3 is 6.03 Å². The summed E-state index contributed by atoms with van der Waals surface area (Å²) in [7, 11) is 1.51. The monoisotopic (exact) mass is 352 g/mol. The molecule has 25 heavy (non-hydrogen) atoms. The minimum Gasteiger partial charge on any atom is -0.357 e. The number of urea groups is 1. The molecule has 8 heteroatoms. The van der Waals surface area contributed by atoms with Crippen LogP contribution in [0.1, 0.15) is 52.9 Å². The summed E-state index contributed by atoms with van der Waals surface area (Å²) >= 11 is 0. The molecule has 2 fully saturated rings. The number of hydrogen-bond acceptors (Lipinski definition) is 4. The van der Waals surface area contributed by atoms with E-state index in [9.17, 15) is 19.2 Å². The number of imide groups is 1. The molecular formula is C17H28N4O4. The van der Waals surface area contributed by atoms with Gasteiger partial charge in [0.25, 0.3) is 5.91 Å². The topological polar surface area (TPSA) is 108 Å². The molecule has 0 aromatic heterocycles. The van der Waals surface area contributed by atoms with Crippen molar-refractivity contribution in [2.75, 3.05) is 7.05 Å². The average Bonchev–Trinajstić information content (AvgIpc) is 3.11. The van der Waals surface area contributed by atoms with E-state index in [1.165, 1.54) is 14.0 Å². The maximum absolute atomic E-state index is 12.7. The van der Waals surface area contributed by atoms with Crippen molar-refractivity contribution in [2.24, 2.45) is 5.92 Å². The third kappa shape index (κ3) is 3.77. The van der Waals surface area contributed by atoms with Gasteiger partial charge in [-0.2, -0.15) is 0 Å². The Kier molecular flexibility index (Phi) is 5.69. The zero-order chi connectivity index (χ0) is 18.8. The zero-order valence-electron chi connectivity index (χ0n) is 15.3. The Balaban J connectivity index is 2.09. The number of nitrogens with zero attached hydrogens (tertiary/aromatic N) is 1. The Hall–Kier alpha value is -2.12. The molecule has 2 aliphatic rings. The predicted octanol–water partition coefficient (Wildman–Crippen LogP) is 0.516. The van der Waals surface area contributed by atoms with Gasteiger partial charge in [0, 0.05) is 7.05 Å². The lowest BCUT2D eigenvalue weighted by atomic mass is 9.97. The lowest BCUT2D eigenvalue weighted by Crippen LogP contribution is -2.54. The summed E-state index contributed by atoms with van der Waals surface area (Å²) in [6, 6.07) is -2.19. The summed E-state index contributed by atoms with van der Waals surface area (Å²) in [5, 5.41) is 7.96. The van der Waals surface area contributed by atoms with Crippen LogP contribution in [-0.4, -0.2) is 53.3 Å². The van der Waals surface area contributed by atoms with Gasteiger partial charge in [0.05, 0.1) is 0 Å². The van der Waals surface area contributed by atoms with E-state index in [2.05, 4.69) is 16.0 Å². The second-order valence-electron chi connectivity index (χ2n) is 7.38. The summed E-state index contributed by atoms with van der Waals surface area (Å²) in [4.78, 5) is 50.5. The number of likely N-dealkylation sites (N-methyl/N-ethyl adjacent to an activating group) is 1. The van der Waals surface area contributed by atoms with Crippen LogP contribution >= 0.6 is 0 Å². The SMILES string of the molecule is CNC(=O)C(CC(C)C)NC(=O)C(C)N1C(=O)NC2(CCCC2)C1=O. The first-order chi connectivity index (χ1) is 11.7. The van der Waals surface area contributed by atoms with E-state index in [0.717, 1.165) is 17.7 Å². The second-order valence-corrected chi connectivity index (χ2v) is 7.38. The smallest absolute Gasteiger partial charge is 0.325 e. The highest BCUT2D eigenvalue weighted by molar-refractivity contribution is 6.10. The quantitative estimate of drug-likeness (QED) is 0.606. The Bertz CT molecular complexity index is 569. The Morgan fingerprint density at radius 1 is 1.16 bits per heavy atom. The van der Waals surface area contributed by atoms with Crippen LogP contribution in [-0.2, 0) is 14.4 Å². The van der Waals surface area contributed by atoms with Crippen LogP contribution in [0.3, 0.4) is 0 Å². The summed E-state index contributed by atoms with van der Waals surface area (Å²) in [5.74, 6) is -0.930. The molecule has 2 atom stereocenters. The molecule has 2 rings (SSSR count). The van der Waals surface area contributed by atoms with E-state index in [0.29, 0.717) is 19.3 Å². The van der Waals surface area contributed by atoms with Crippen molar-refractivity contribution in [3.8, 4) is 0 Å². The number of hydrogen-bond donors (Lipinski definition) is 3. The minimum absolute atomic E-state index is 0.205. The second kappa shape index (κ2) is 7.41. The molecule has 1 aliphatic heterocycles. The van der Waals surface area contributed by atoms with E-state index >= 15 is 0 Å². The summed E-state index contributed by atoms with van der Waals surface area (Å²) in [6.07, 6.45) is 3.45. The van der Waals surface area contributed by atoms with Crippen molar-refractivity contribution in [1.82, 2.24) is 20.9 Å². The maximum atomic E-state index is 12.7. The van der Waals surface area contributed by atoms with E-state index < -0.39 is 29.6 Å². The zero-order valence-corrected chi connectivity index (χ0v) is 15.3. The van der Waals surface area contributed by atoms with E-state index in [1.54, 1.807) is 0 Å². The van der Waals surface area contributed by atoms with Gasteiger partial charge in [0.1, 0.15) is 17.6 Å². The number of nitrogens with one attached hydrogen (secondary N) is 3. The first-order valence-electron chi connectivity index (χ1n) is 8.89. The van der Waals surface area contributed by atoms with Gasteiger partial charge in [-0.15, -0.1) is 0 Å². The molecule has 3 N–H and O–H groups in total. The van der Waals surface area contributed by atoms with Crippen molar-refractivity contribution >= 4 is 23.8 Å². The Morgan fingerprint density at radius 2 is 1.76 bits per heavy atom. The normalized spacial score (nSPS) is 21.4. The van der Waals surface area contributed by atoms with Crippen LogP contribution in [0.25, 0.3) is 0 Å². The Labute approximate surface area is 148 Å². The molecule has 0 radical (unpaired) electrons. The maximum Gasteiger partial charge on any atom is 0.325 e. The number of amides is 5. The standard InChI is InChI=1S/C17H28N4O4/c1-10(2)9-12(14(23)18-4)19-13(22)11(3)21-15(24)17(20-16(21)25)7-5-6-8-17/h10-12H,5-9H2,1-4H3,(H,18,23)(H,19,22)(H,20,25). The van der Waals surface area contributed by atoms with Crippen molar-refractivity contribution in [2.45, 2.75) is 70.5 Å². The third-order valence-corrected chi connectivity index (χ3v) is 5.00. The van der Waals surface area contributed by atoms with E-state index in [-0.39, 0.29) is 17.7 Å². The molecule has 0 aromatic carbocycles. The van der Waals surface area contributed by atoms with Gasteiger partial charge in [-0.05, 0) is 32.1 Å². The average molecular weight is 352 g/mol. The van der Waals surface area contributed by atoms with Gasteiger partial charge in [-0.25, -0.2) is 9.69 Å². The van der Waals surface area contributed by atoms with Crippen molar-refractivity contribution in [3.05, 3.63) is 0 Å². The summed E-state index contributed by atoms with van der Waals surface area (Å²) in [5.41, 5.74) is -0.844. The highest BCUT2D eigenvalue weighted by atomic mass is 16.2. The van der Waals surface area contributed by atoms with E-state index in [1.807, 2.05) is 13.8 Å². The van der Waals surface area contributed by atoms with Gasteiger partial charge < -0.3 is 16.0 Å². The summed E-state index contributed by atoms with van der Waals surface area (Å²) < 4.78 is 0. The molecule has 1 spiro atoms. The van der Waals surface area contributed by atoms with Gasteiger partial charge in [-0.1, -0.05) is 26.7 Å². The third-order valence-electron chi connectivity index (χ3n) is 5.00. The summed E-state index contributed by atoms with van der Waals surface area (Å²) in [6.45, 7) is 5.41. The number of rotatable bonds is 6. The lowest BCUT2D eigenvalue weighted by Gasteiger charge is -2.26. The van der Waals surface area contributed by atoms with Crippen molar-refractivity contribution in [1.29, 1.82) is 0 Å². The van der Waals surface area contributed by atoms with E-state index in [4.69, 9.17) is 0 Å². The van der Waals surface area contributed by atoms with Crippen LogP contribution in [0.2, 0.25) is 0 Å². The first kappa shape index (κ1) is 19.2. The molecule has 1 saturated carbocycles. The highest BCUT2D eigenvalue weighted by Crippen LogP contribution is 2.35. The molecule has 0 aromatic rings. The fourth-order valence-corrected chi connectivity index (χ4v) is 3.60. The Morgan fingerprint density at radius 3 is 2.28 bits per heavy atom. The van der Waals surface area contributed by atoms with Gasteiger partial charge in [0.2, 0.25) is 11.8 Å². The van der Waals surface area contributed by atoms with Crippen LogP contribution in [0.5, 0.6) is 0 Å². The molecule has 8 nitrogen and oxygen atoms in total. The van der Waals surface area contributed by atoms with Crippen molar-refractivity contribution < 1.29 is 19.2 Å². The molecule has 5 amide bonds. The number of carbonyl (C=O) groups excluding carboxylic acids is 4. The van der Waals surface area contributed by atoms with Crippen LogP contribution in [0.15, 0.2) is 0 Å². The molecular weight excluding hydrogens is 324 g/mol. The van der Waals surface area contributed by atoms with Crippen LogP contribution < -0.4 is 16.0 Å². The van der Waals surface area contributed by atoms with Gasteiger partial charge in [-0.3, -0.25) is 14.4 Å². The molecule has 2 unspecified atom stereocenters. The first-order valence-corrected chi connectivity index (χ1v) is 8.89. The minimum atomic E-state index is -0.966. The fraction of sp³-hybridized carbons (Fsp3) is 0.765. The van der Waals surface area contributed by atoms with Crippen molar-refractivity contribution in [3.63, 3.8) is 0 Å². The van der Waals surface area contributed by atoms with Gasteiger partial charge in [0.15, 0.2) is 0 Å². The largest absolute Gasteiger partial charge is 0.357 e. The van der Waals surface area contributed by atoms with Crippen LogP contribution in [0.4, 0.5) is 4.79 Å². The molecule has 1 saturated heterocycles. The molecule has 1 aliphatic carbocycles. The predicted molar refractivity (Wildman–Crippen MR) is 91.5 cm³/mol. The number of carbonyl (C=O) groups is 4. The molecule has 0 bridgehead atoms. The fourth-order valence-electron chi connectivity index (χ4n) is 3.60.